The van der Waals surface area contributed by atoms with Crippen molar-refractivity contribution in [1.82, 2.24) is 4.57 Å². The summed E-state index contributed by atoms with van der Waals surface area (Å²) in [5, 5.41) is 30.0. The van der Waals surface area contributed by atoms with Gasteiger partial charge in [0.1, 0.15) is 0 Å². The van der Waals surface area contributed by atoms with E-state index in [-0.39, 0.29) is 12.2 Å². The fourth-order valence-corrected chi connectivity index (χ4v) is 2.19. The van der Waals surface area contributed by atoms with Crippen LogP contribution in [0.1, 0.15) is 11.7 Å². The van der Waals surface area contributed by atoms with Crippen molar-refractivity contribution in [2.75, 3.05) is 0 Å². The number of hydrogen-bond acceptors (Lipinski definition) is 5. The van der Waals surface area contributed by atoms with Crippen molar-refractivity contribution in [3.63, 3.8) is 0 Å². The highest BCUT2D eigenvalue weighted by Gasteiger charge is 2.13. The fourth-order valence-electron chi connectivity index (χ4n) is 1.58. The van der Waals surface area contributed by atoms with Crippen LogP contribution in [0.25, 0.3) is 0 Å². The molecule has 7 heteroatoms. The molecule has 0 saturated heterocycles. The van der Waals surface area contributed by atoms with E-state index in [9.17, 15) is 15.2 Å². The van der Waals surface area contributed by atoms with Gasteiger partial charge in [-0.15, -0.1) is 11.3 Å². The van der Waals surface area contributed by atoms with Gasteiger partial charge in [-0.3, -0.25) is 15.5 Å². The maximum atomic E-state index is 10.6. The Balaban J connectivity index is 2.21. The first-order valence-corrected chi connectivity index (χ1v) is 6.07. The number of hydrogen-bond donors (Lipinski definition) is 2. The Morgan fingerprint density at radius 1 is 1.56 bits per heavy atom. The highest BCUT2D eigenvalue weighted by atomic mass is 32.1. The molecule has 0 aliphatic rings. The summed E-state index contributed by atoms with van der Waals surface area (Å²) in [5.74, 6) is 0. The van der Waals surface area contributed by atoms with Crippen LogP contribution in [0.4, 0.5) is 5.69 Å². The van der Waals surface area contributed by atoms with E-state index in [1.807, 2.05) is 0 Å². The number of benzene rings is 1. The summed E-state index contributed by atoms with van der Waals surface area (Å²) in [7, 11) is 0. The lowest BCUT2D eigenvalue weighted by atomic mass is 10.1. The third-order valence-electron chi connectivity index (χ3n) is 2.52. The zero-order chi connectivity index (χ0) is 13.1. The number of aromatic nitrogens is 1. The average Bonchev–Trinajstić information content (AvgIpc) is 2.75. The molecule has 18 heavy (non-hydrogen) atoms. The zero-order valence-electron chi connectivity index (χ0n) is 9.31. The van der Waals surface area contributed by atoms with Crippen LogP contribution in [0, 0.1) is 15.5 Å². The Morgan fingerprint density at radius 3 is 2.94 bits per heavy atom. The van der Waals surface area contributed by atoms with Gasteiger partial charge in [0.2, 0.25) is 0 Å². The summed E-state index contributed by atoms with van der Waals surface area (Å²) in [4.78, 5) is 10.5. The number of nitrogens with zero attached hydrogens (tertiary/aromatic N) is 2. The molecule has 1 heterocycles. The van der Waals surface area contributed by atoms with E-state index < -0.39 is 11.0 Å². The quantitative estimate of drug-likeness (QED) is 0.650. The van der Waals surface area contributed by atoms with Crippen LogP contribution in [-0.2, 0) is 6.54 Å². The first-order valence-electron chi connectivity index (χ1n) is 5.19. The molecule has 0 radical (unpaired) electrons. The van der Waals surface area contributed by atoms with Crippen LogP contribution in [0.3, 0.4) is 0 Å². The van der Waals surface area contributed by atoms with Gasteiger partial charge < -0.3 is 9.67 Å². The topological polar surface area (TPSA) is 92.2 Å². The van der Waals surface area contributed by atoms with Crippen LogP contribution in [0.5, 0.6) is 0 Å². The van der Waals surface area contributed by atoms with Gasteiger partial charge in [-0.25, -0.2) is 0 Å². The van der Waals surface area contributed by atoms with Gasteiger partial charge in [-0.1, -0.05) is 12.1 Å². The van der Waals surface area contributed by atoms with Crippen molar-refractivity contribution in [1.29, 1.82) is 5.41 Å². The van der Waals surface area contributed by atoms with E-state index in [1.54, 1.807) is 22.2 Å². The Labute approximate surface area is 106 Å². The van der Waals surface area contributed by atoms with Crippen LogP contribution in [-0.4, -0.2) is 14.6 Å². The second-order valence-electron chi connectivity index (χ2n) is 3.73. The number of rotatable bonds is 4. The molecule has 0 aliphatic heterocycles. The normalized spacial score (nSPS) is 12.3. The van der Waals surface area contributed by atoms with Crippen LogP contribution in [0.15, 0.2) is 35.8 Å². The lowest BCUT2D eigenvalue weighted by molar-refractivity contribution is -0.385. The van der Waals surface area contributed by atoms with E-state index in [4.69, 9.17) is 5.41 Å². The largest absolute Gasteiger partial charge is 0.387 e. The van der Waals surface area contributed by atoms with Crippen LogP contribution < -0.4 is 4.80 Å². The number of non-ortho nitro benzene ring substituents is 1. The maximum absolute atomic E-state index is 10.6. The minimum absolute atomic E-state index is 0.0482. The molecule has 1 aromatic heterocycles. The number of thiazole rings is 1. The van der Waals surface area contributed by atoms with Gasteiger partial charge in [0.15, 0.2) is 4.80 Å². The molecule has 1 aromatic carbocycles. The molecule has 2 N–H and O–H groups in total. The Bertz CT molecular complexity index is 620. The molecule has 1 atom stereocenters. The monoisotopic (exact) mass is 265 g/mol. The van der Waals surface area contributed by atoms with Crippen molar-refractivity contribution in [2.24, 2.45) is 0 Å². The van der Waals surface area contributed by atoms with E-state index in [0.717, 1.165) is 0 Å². The molecule has 0 bridgehead atoms. The van der Waals surface area contributed by atoms with Gasteiger partial charge in [0.25, 0.3) is 5.69 Å². The summed E-state index contributed by atoms with van der Waals surface area (Å²) in [6, 6.07) is 5.90. The van der Waals surface area contributed by atoms with Gasteiger partial charge in [-0.2, -0.15) is 0 Å². The summed E-state index contributed by atoms with van der Waals surface area (Å²) in [5.41, 5.74) is 0.426. The molecular formula is C11H11N3O3S. The Kier molecular flexibility index (Phi) is 3.54. The third-order valence-corrected chi connectivity index (χ3v) is 3.23. The molecule has 0 fully saturated rings. The predicted molar refractivity (Wildman–Crippen MR) is 66.2 cm³/mol. The molecule has 94 valence electrons. The van der Waals surface area contributed by atoms with Crippen molar-refractivity contribution < 1.29 is 10.0 Å². The third kappa shape index (κ3) is 2.63. The van der Waals surface area contributed by atoms with E-state index >= 15 is 0 Å². The van der Waals surface area contributed by atoms with E-state index in [2.05, 4.69) is 0 Å². The molecule has 2 aromatic rings. The molecule has 0 spiro atoms. The van der Waals surface area contributed by atoms with E-state index in [1.165, 1.54) is 29.5 Å². The van der Waals surface area contributed by atoms with E-state index in [0.29, 0.717) is 10.4 Å². The van der Waals surface area contributed by atoms with Gasteiger partial charge >= 0.3 is 0 Å². The lowest BCUT2D eigenvalue weighted by Crippen LogP contribution is -2.17. The van der Waals surface area contributed by atoms with Crippen molar-refractivity contribution in [2.45, 2.75) is 12.6 Å². The van der Waals surface area contributed by atoms with Gasteiger partial charge in [0, 0.05) is 23.7 Å². The lowest BCUT2D eigenvalue weighted by Gasteiger charge is -2.11. The highest BCUT2D eigenvalue weighted by molar-refractivity contribution is 7.06. The molecule has 0 aliphatic carbocycles. The van der Waals surface area contributed by atoms with Crippen molar-refractivity contribution in [3.8, 4) is 0 Å². The second-order valence-corrected chi connectivity index (χ2v) is 4.62. The highest BCUT2D eigenvalue weighted by Crippen LogP contribution is 2.20. The zero-order valence-corrected chi connectivity index (χ0v) is 10.1. The van der Waals surface area contributed by atoms with Crippen molar-refractivity contribution >= 4 is 17.0 Å². The minimum Gasteiger partial charge on any atom is -0.387 e. The van der Waals surface area contributed by atoms with Crippen molar-refractivity contribution in [3.05, 3.63) is 56.3 Å². The Hall–Kier alpha value is -1.99. The number of nitro benzene ring substituents is 1. The summed E-state index contributed by atoms with van der Waals surface area (Å²) >= 11 is 1.26. The Morgan fingerprint density at radius 2 is 2.33 bits per heavy atom. The number of nitrogens with one attached hydrogen (secondary N) is 1. The minimum atomic E-state index is -0.867. The molecule has 2 rings (SSSR count). The number of nitro groups is 1. The first-order chi connectivity index (χ1) is 8.58. The molecule has 1 unspecified atom stereocenters. The first kappa shape index (κ1) is 12.5. The molecule has 0 amide bonds. The molecular weight excluding hydrogens is 254 g/mol. The number of aliphatic hydroxyl groups excluding tert-OH is 1. The van der Waals surface area contributed by atoms with Crippen LogP contribution in [0.2, 0.25) is 0 Å². The average molecular weight is 265 g/mol. The SMILES string of the molecule is N=c1sccn1CC(O)c1cccc([N+](=O)[O-])c1. The van der Waals surface area contributed by atoms with Gasteiger partial charge in [-0.05, 0) is 5.56 Å². The van der Waals surface area contributed by atoms with Crippen LogP contribution >= 0.6 is 11.3 Å². The van der Waals surface area contributed by atoms with Gasteiger partial charge in [0.05, 0.1) is 17.6 Å². The molecule has 0 saturated carbocycles. The molecule has 6 nitrogen and oxygen atoms in total. The summed E-state index contributed by atoms with van der Waals surface area (Å²) in [6.45, 7) is 0.212. The maximum Gasteiger partial charge on any atom is 0.269 e. The second kappa shape index (κ2) is 5.11. The summed E-state index contributed by atoms with van der Waals surface area (Å²) in [6.07, 6.45) is 0.835. The number of aliphatic hydroxyl groups is 1. The predicted octanol–water partition coefficient (Wildman–Crippen LogP) is 1.67. The smallest absolute Gasteiger partial charge is 0.269 e. The fraction of sp³-hybridized carbons (Fsp3) is 0.182. The standard InChI is InChI=1S/C11H11N3O3S/c12-11-13(4-5-18-11)7-10(15)8-2-1-3-9(6-8)14(16)17/h1-6,10,12,15H,7H2. The summed E-state index contributed by atoms with van der Waals surface area (Å²) < 4.78 is 1.59.